The number of nitrogens with one attached hydrogen (secondary N) is 1. The highest BCUT2D eigenvalue weighted by Gasteiger charge is 2.35. The number of carbonyl (C=O) groups excluding carboxylic acids is 1. The molecule has 0 spiro atoms. The van der Waals surface area contributed by atoms with Crippen LogP contribution in [0.25, 0.3) is 0 Å². The number of sulfonamides is 1. The van der Waals surface area contributed by atoms with Crippen LogP contribution in [0.3, 0.4) is 0 Å². The van der Waals surface area contributed by atoms with Crippen LogP contribution >= 0.6 is 0 Å². The number of aromatic nitrogens is 2. The molecular weight excluding hydrogens is 418 g/mol. The number of fused-ring (bicyclic) bond motifs is 1. The predicted molar refractivity (Wildman–Crippen MR) is 116 cm³/mol. The van der Waals surface area contributed by atoms with Crippen molar-refractivity contribution in [3.63, 3.8) is 0 Å². The second kappa shape index (κ2) is 9.35. The summed E-state index contributed by atoms with van der Waals surface area (Å²) in [6, 6.07) is 8.04. The van der Waals surface area contributed by atoms with Gasteiger partial charge in [0.25, 0.3) is 0 Å². The number of hydrogen-bond acceptors (Lipinski definition) is 7. The Labute approximate surface area is 182 Å². The zero-order chi connectivity index (χ0) is 21.8. The molecular formula is C21H29N5O4S. The molecule has 1 amide bonds. The van der Waals surface area contributed by atoms with Gasteiger partial charge in [-0.3, -0.25) is 4.79 Å². The van der Waals surface area contributed by atoms with Crippen LogP contribution in [0.2, 0.25) is 0 Å². The summed E-state index contributed by atoms with van der Waals surface area (Å²) in [6.45, 7) is 2.82. The first-order chi connectivity index (χ1) is 14.9. The number of para-hydroxylation sites is 1. The number of nitrogens with zero attached hydrogens (tertiary/aromatic N) is 4. The molecule has 1 N–H and O–H groups in total. The fraction of sp³-hybridized carbons (Fsp3) is 0.571. The molecule has 1 aromatic heterocycles. The van der Waals surface area contributed by atoms with Crippen molar-refractivity contribution in [1.29, 1.82) is 0 Å². The normalized spacial score (nSPS) is 19.4. The molecule has 2 aliphatic heterocycles. The minimum Gasteiger partial charge on any atom is -0.370 e. The maximum Gasteiger partial charge on any atom is 0.227 e. The minimum absolute atomic E-state index is 0.0660. The van der Waals surface area contributed by atoms with E-state index in [0.29, 0.717) is 37.6 Å². The third-order valence-corrected chi connectivity index (χ3v) is 7.18. The van der Waals surface area contributed by atoms with Crippen LogP contribution in [0.5, 0.6) is 0 Å². The van der Waals surface area contributed by atoms with Gasteiger partial charge >= 0.3 is 0 Å². The van der Waals surface area contributed by atoms with Gasteiger partial charge in [-0.1, -0.05) is 23.4 Å². The Morgan fingerprint density at radius 2 is 2.10 bits per heavy atom. The van der Waals surface area contributed by atoms with Crippen LogP contribution in [-0.2, 0) is 27.7 Å². The maximum absolute atomic E-state index is 12.2. The van der Waals surface area contributed by atoms with E-state index in [1.54, 1.807) is 0 Å². The third kappa shape index (κ3) is 5.24. The van der Waals surface area contributed by atoms with Gasteiger partial charge in [0.05, 0.1) is 12.3 Å². The molecule has 2 aliphatic rings. The Hall–Kier alpha value is -2.46. The minimum atomic E-state index is -3.31. The van der Waals surface area contributed by atoms with Crippen molar-refractivity contribution >= 4 is 21.6 Å². The summed E-state index contributed by atoms with van der Waals surface area (Å²) in [7, 11) is -3.31. The van der Waals surface area contributed by atoms with Gasteiger partial charge in [-0.25, -0.2) is 8.42 Å². The second-order valence-electron chi connectivity index (χ2n) is 8.15. The van der Waals surface area contributed by atoms with E-state index in [1.165, 1.54) is 21.8 Å². The fourth-order valence-electron chi connectivity index (χ4n) is 4.38. The highest BCUT2D eigenvalue weighted by Crippen LogP contribution is 2.32. The Morgan fingerprint density at radius 1 is 1.26 bits per heavy atom. The molecule has 9 nitrogen and oxygen atoms in total. The van der Waals surface area contributed by atoms with Gasteiger partial charge < -0.3 is 14.7 Å². The first-order valence-corrected chi connectivity index (χ1v) is 12.7. The summed E-state index contributed by atoms with van der Waals surface area (Å²) < 4.78 is 30.5. The van der Waals surface area contributed by atoms with Gasteiger partial charge in [0.2, 0.25) is 21.8 Å². The zero-order valence-electron chi connectivity index (χ0n) is 17.8. The number of aryl methyl sites for hydroxylation is 2. The van der Waals surface area contributed by atoms with Crippen molar-refractivity contribution in [2.24, 2.45) is 0 Å². The molecule has 0 aliphatic carbocycles. The Kier molecular flexibility index (Phi) is 6.57. The molecule has 0 radical (unpaired) electrons. The first-order valence-electron chi connectivity index (χ1n) is 10.8. The Balaban J connectivity index is 1.23. The van der Waals surface area contributed by atoms with Crippen molar-refractivity contribution in [3.8, 4) is 0 Å². The molecule has 1 fully saturated rings. The monoisotopic (exact) mass is 447 g/mol. The first kappa shape index (κ1) is 21.8. The standard InChI is InChI=1S/C21H29N5O4S/c1-31(28,29)26-14-5-9-18(26)21-23-20(30-24-21)11-10-19(27)22-12-15-25-13-4-7-16-6-2-3-8-17(16)25/h2-3,6,8,18H,4-5,7,9-15H2,1H3,(H,22,27). The van der Waals surface area contributed by atoms with Crippen molar-refractivity contribution in [2.75, 3.05) is 37.3 Å². The molecule has 0 bridgehead atoms. The molecule has 3 heterocycles. The van der Waals surface area contributed by atoms with Crippen molar-refractivity contribution in [1.82, 2.24) is 19.8 Å². The topological polar surface area (TPSA) is 109 Å². The lowest BCUT2D eigenvalue weighted by atomic mass is 10.0. The Morgan fingerprint density at radius 3 is 2.94 bits per heavy atom. The van der Waals surface area contributed by atoms with E-state index in [0.717, 1.165) is 32.4 Å². The van der Waals surface area contributed by atoms with Crippen molar-refractivity contribution < 1.29 is 17.7 Å². The molecule has 1 unspecified atom stereocenters. The Bertz CT molecular complexity index is 1020. The molecule has 1 atom stereocenters. The quantitative estimate of drug-likeness (QED) is 0.656. The number of anilines is 1. The lowest BCUT2D eigenvalue weighted by molar-refractivity contribution is -0.121. The molecule has 1 aromatic carbocycles. The lowest BCUT2D eigenvalue weighted by Gasteiger charge is -2.31. The van der Waals surface area contributed by atoms with Gasteiger partial charge in [0.1, 0.15) is 0 Å². The largest absolute Gasteiger partial charge is 0.370 e. The number of benzene rings is 1. The molecule has 4 rings (SSSR count). The van der Waals surface area contributed by atoms with E-state index in [4.69, 9.17) is 4.52 Å². The van der Waals surface area contributed by atoms with Crippen LogP contribution in [0.15, 0.2) is 28.8 Å². The molecule has 2 aromatic rings. The third-order valence-electron chi connectivity index (χ3n) is 5.89. The highest BCUT2D eigenvalue weighted by atomic mass is 32.2. The van der Waals surface area contributed by atoms with Gasteiger partial charge in [-0.05, 0) is 37.3 Å². The van der Waals surface area contributed by atoms with Crippen LogP contribution in [0.1, 0.15) is 49.0 Å². The summed E-state index contributed by atoms with van der Waals surface area (Å²) in [4.78, 5) is 18.9. The molecule has 1 saturated heterocycles. The lowest BCUT2D eigenvalue weighted by Crippen LogP contribution is -2.37. The summed E-state index contributed by atoms with van der Waals surface area (Å²) >= 11 is 0. The van der Waals surface area contributed by atoms with Crippen molar-refractivity contribution in [2.45, 2.75) is 44.6 Å². The summed E-state index contributed by atoms with van der Waals surface area (Å²) in [5.74, 6) is 0.668. The molecule has 10 heteroatoms. The zero-order valence-corrected chi connectivity index (χ0v) is 18.6. The van der Waals surface area contributed by atoms with Crippen molar-refractivity contribution in [3.05, 3.63) is 41.5 Å². The smallest absolute Gasteiger partial charge is 0.227 e. The summed E-state index contributed by atoms with van der Waals surface area (Å²) in [5, 5.41) is 6.92. The van der Waals surface area contributed by atoms with Crippen LogP contribution < -0.4 is 10.2 Å². The number of carbonyl (C=O) groups is 1. The van der Waals surface area contributed by atoms with Gasteiger partial charge in [-0.15, -0.1) is 0 Å². The van der Waals surface area contributed by atoms with E-state index in [2.05, 4.69) is 44.6 Å². The highest BCUT2D eigenvalue weighted by molar-refractivity contribution is 7.88. The fourth-order valence-corrected chi connectivity index (χ4v) is 5.51. The molecule has 0 saturated carbocycles. The average molecular weight is 448 g/mol. The summed E-state index contributed by atoms with van der Waals surface area (Å²) in [5.41, 5.74) is 2.63. The second-order valence-corrected chi connectivity index (χ2v) is 10.1. The van der Waals surface area contributed by atoms with E-state index < -0.39 is 10.0 Å². The van der Waals surface area contributed by atoms with Gasteiger partial charge in [0.15, 0.2) is 5.82 Å². The molecule has 168 valence electrons. The predicted octanol–water partition coefficient (Wildman–Crippen LogP) is 1.67. The summed E-state index contributed by atoms with van der Waals surface area (Å²) in [6.07, 6.45) is 5.45. The van der Waals surface area contributed by atoms with E-state index in [9.17, 15) is 13.2 Å². The average Bonchev–Trinajstić information content (AvgIpc) is 3.41. The van der Waals surface area contributed by atoms with E-state index in [-0.39, 0.29) is 18.4 Å². The SMILES string of the molecule is CS(=O)(=O)N1CCCC1c1noc(CCC(=O)NCCN2CCCc3ccccc32)n1. The van der Waals surface area contributed by atoms with E-state index >= 15 is 0 Å². The van der Waals surface area contributed by atoms with Crippen LogP contribution in [-0.4, -0.2) is 61.2 Å². The van der Waals surface area contributed by atoms with Gasteiger partial charge in [-0.2, -0.15) is 9.29 Å². The number of amides is 1. The van der Waals surface area contributed by atoms with Crippen LogP contribution in [0, 0.1) is 0 Å². The number of rotatable bonds is 8. The van der Waals surface area contributed by atoms with Gasteiger partial charge in [0, 0.05) is 44.7 Å². The van der Waals surface area contributed by atoms with E-state index in [1.807, 2.05) is 0 Å². The molecule has 31 heavy (non-hydrogen) atoms. The maximum atomic E-state index is 12.2. The van der Waals surface area contributed by atoms with Crippen LogP contribution in [0.4, 0.5) is 5.69 Å². The number of hydrogen-bond donors (Lipinski definition) is 1.